The van der Waals surface area contributed by atoms with Crippen LogP contribution in [0.25, 0.3) is 0 Å². The summed E-state index contributed by atoms with van der Waals surface area (Å²) in [5.41, 5.74) is 0.674. The minimum absolute atomic E-state index is 0.0514. The number of anilines is 1. The molecule has 1 aromatic heterocycles. The van der Waals surface area contributed by atoms with Crippen molar-refractivity contribution in [2.24, 2.45) is 0 Å². The van der Waals surface area contributed by atoms with Crippen LogP contribution in [0.5, 0.6) is 5.75 Å². The lowest BCUT2D eigenvalue weighted by atomic mass is 10.0. The second-order valence-corrected chi connectivity index (χ2v) is 5.54. The third kappa shape index (κ3) is 3.13. The third-order valence-electron chi connectivity index (χ3n) is 4.10. The number of nitrogens with zero attached hydrogens (tertiary/aromatic N) is 4. The molecule has 1 aromatic carbocycles. The Balaban J connectivity index is 1.91. The Labute approximate surface area is 134 Å². The number of nitro groups is 1. The molecule has 1 fully saturated rings. The highest BCUT2D eigenvalue weighted by Crippen LogP contribution is 2.39. The van der Waals surface area contributed by atoms with Crippen LogP contribution in [0, 0.1) is 10.1 Å². The molecule has 0 unspecified atom stereocenters. The Morgan fingerprint density at radius 3 is 3.00 bits per heavy atom. The van der Waals surface area contributed by atoms with E-state index >= 15 is 0 Å². The smallest absolute Gasteiger partial charge is 0.333 e. The molecule has 0 saturated carbocycles. The van der Waals surface area contributed by atoms with Crippen molar-refractivity contribution in [3.05, 3.63) is 46.8 Å². The van der Waals surface area contributed by atoms with E-state index in [0.29, 0.717) is 24.6 Å². The fourth-order valence-electron chi connectivity index (χ4n) is 3.11. The third-order valence-corrected chi connectivity index (χ3v) is 4.10. The minimum atomic E-state index is -0.349. The number of hydrogen-bond acceptors (Lipinski definition) is 5. The summed E-state index contributed by atoms with van der Waals surface area (Å²) in [7, 11) is 0. The zero-order chi connectivity index (χ0) is 16.2. The van der Waals surface area contributed by atoms with Crippen molar-refractivity contribution in [1.29, 1.82) is 0 Å². The van der Waals surface area contributed by atoms with Crippen molar-refractivity contribution in [1.82, 2.24) is 9.78 Å². The predicted octanol–water partition coefficient (Wildman–Crippen LogP) is 3.03. The van der Waals surface area contributed by atoms with Crippen LogP contribution in [0.3, 0.4) is 0 Å². The van der Waals surface area contributed by atoms with Crippen LogP contribution in [-0.4, -0.2) is 34.4 Å². The van der Waals surface area contributed by atoms with Crippen molar-refractivity contribution >= 4 is 11.4 Å². The van der Waals surface area contributed by atoms with E-state index in [2.05, 4.69) is 10.00 Å². The molecule has 0 amide bonds. The van der Waals surface area contributed by atoms with Crippen LogP contribution in [0.1, 0.15) is 25.8 Å². The Hall–Kier alpha value is -2.57. The summed E-state index contributed by atoms with van der Waals surface area (Å²) in [4.78, 5) is 13.3. The van der Waals surface area contributed by atoms with Gasteiger partial charge in [-0.15, -0.1) is 0 Å². The average molecular weight is 316 g/mol. The molecule has 0 bridgehead atoms. The molecule has 7 nitrogen and oxygen atoms in total. The number of hydrogen-bond donors (Lipinski definition) is 0. The normalized spacial score (nSPS) is 18.0. The van der Waals surface area contributed by atoms with E-state index in [-0.39, 0.29) is 16.7 Å². The first kappa shape index (κ1) is 15.3. The number of piperidine rings is 1. The molecule has 2 heterocycles. The van der Waals surface area contributed by atoms with Crippen LogP contribution in [0.4, 0.5) is 11.4 Å². The summed E-state index contributed by atoms with van der Waals surface area (Å²) in [6.45, 7) is 3.73. The van der Waals surface area contributed by atoms with Crippen LogP contribution >= 0.6 is 0 Å². The number of aromatic nitrogens is 2. The molecule has 1 saturated heterocycles. The molecular weight excluding hydrogens is 296 g/mol. The van der Waals surface area contributed by atoms with Gasteiger partial charge in [-0.05, 0) is 38.0 Å². The van der Waals surface area contributed by atoms with E-state index in [4.69, 9.17) is 4.74 Å². The van der Waals surface area contributed by atoms with Crippen molar-refractivity contribution in [3.8, 4) is 5.75 Å². The summed E-state index contributed by atoms with van der Waals surface area (Å²) in [6, 6.07) is 7.39. The number of ether oxygens (including phenoxy) is 1. The number of para-hydroxylation sites is 1. The van der Waals surface area contributed by atoms with Gasteiger partial charge >= 0.3 is 5.69 Å². The zero-order valence-electron chi connectivity index (χ0n) is 13.1. The van der Waals surface area contributed by atoms with Gasteiger partial charge in [0.05, 0.1) is 17.6 Å². The number of nitro benzene ring substituents is 1. The Morgan fingerprint density at radius 1 is 1.43 bits per heavy atom. The molecule has 0 aliphatic carbocycles. The number of rotatable bonds is 5. The molecule has 1 aliphatic heterocycles. The van der Waals surface area contributed by atoms with Gasteiger partial charge in [0.15, 0.2) is 5.75 Å². The maximum absolute atomic E-state index is 11.6. The van der Waals surface area contributed by atoms with Crippen LogP contribution in [-0.2, 0) is 0 Å². The second-order valence-electron chi connectivity index (χ2n) is 5.54. The van der Waals surface area contributed by atoms with Gasteiger partial charge in [0.25, 0.3) is 0 Å². The van der Waals surface area contributed by atoms with Gasteiger partial charge in [-0.25, -0.2) is 0 Å². The van der Waals surface area contributed by atoms with Gasteiger partial charge in [0.1, 0.15) is 5.69 Å². The average Bonchev–Trinajstić information content (AvgIpc) is 3.09. The van der Waals surface area contributed by atoms with E-state index in [9.17, 15) is 10.1 Å². The molecule has 0 N–H and O–H groups in total. The molecule has 7 heteroatoms. The molecule has 2 aromatic rings. The minimum Gasteiger partial charge on any atom is -0.487 e. The van der Waals surface area contributed by atoms with Crippen molar-refractivity contribution in [2.75, 3.05) is 24.6 Å². The van der Waals surface area contributed by atoms with Crippen LogP contribution in [0.2, 0.25) is 0 Å². The van der Waals surface area contributed by atoms with Crippen LogP contribution < -0.4 is 9.64 Å². The SMILES string of the molecule is CCOc1cccc(N2CCC[C@H](n3cccn3)C2)c1[N+](=O)[O-]. The van der Waals surface area contributed by atoms with Gasteiger partial charge < -0.3 is 9.64 Å². The van der Waals surface area contributed by atoms with Crippen molar-refractivity contribution in [2.45, 2.75) is 25.8 Å². The molecule has 23 heavy (non-hydrogen) atoms. The standard InChI is InChI=1S/C16H20N4O3/c1-2-23-15-8-3-7-14(16(15)20(21)22)18-10-4-6-13(12-18)19-11-5-9-17-19/h3,5,7-9,11,13H,2,4,6,10,12H2,1H3/t13-/m0/s1. The van der Waals surface area contributed by atoms with Gasteiger partial charge in [0.2, 0.25) is 0 Å². The van der Waals surface area contributed by atoms with E-state index < -0.39 is 0 Å². The van der Waals surface area contributed by atoms with E-state index in [1.165, 1.54) is 0 Å². The highest BCUT2D eigenvalue weighted by molar-refractivity contribution is 5.70. The molecule has 1 aliphatic rings. The predicted molar refractivity (Wildman–Crippen MR) is 87.0 cm³/mol. The van der Waals surface area contributed by atoms with Gasteiger partial charge in [-0.1, -0.05) is 6.07 Å². The molecule has 122 valence electrons. The summed E-state index contributed by atoms with van der Waals surface area (Å²) in [5, 5.41) is 15.9. The maximum atomic E-state index is 11.6. The highest BCUT2D eigenvalue weighted by atomic mass is 16.6. The Kier molecular flexibility index (Phi) is 4.45. The van der Waals surface area contributed by atoms with Gasteiger partial charge in [-0.2, -0.15) is 5.10 Å². The van der Waals surface area contributed by atoms with E-state index in [0.717, 1.165) is 19.4 Å². The summed E-state index contributed by atoms with van der Waals surface area (Å²) >= 11 is 0. The number of benzene rings is 1. The fraction of sp³-hybridized carbons (Fsp3) is 0.438. The van der Waals surface area contributed by atoms with Gasteiger partial charge in [-0.3, -0.25) is 14.8 Å². The summed E-state index contributed by atoms with van der Waals surface area (Å²) in [6.07, 6.45) is 5.70. The quantitative estimate of drug-likeness (QED) is 0.626. The fourth-order valence-corrected chi connectivity index (χ4v) is 3.11. The summed E-state index contributed by atoms with van der Waals surface area (Å²) in [5.74, 6) is 0.330. The Bertz CT molecular complexity index is 672. The molecular formula is C16H20N4O3. The first-order valence-corrected chi connectivity index (χ1v) is 7.85. The van der Waals surface area contributed by atoms with E-state index in [1.807, 2.05) is 29.9 Å². The second kappa shape index (κ2) is 6.68. The molecule has 0 spiro atoms. The van der Waals surface area contributed by atoms with E-state index in [1.54, 1.807) is 18.3 Å². The van der Waals surface area contributed by atoms with Crippen molar-refractivity contribution < 1.29 is 9.66 Å². The monoisotopic (exact) mass is 316 g/mol. The molecule has 1 atom stereocenters. The largest absolute Gasteiger partial charge is 0.487 e. The summed E-state index contributed by atoms with van der Waals surface area (Å²) < 4.78 is 7.38. The lowest BCUT2D eigenvalue weighted by Crippen LogP contribution is -2.37. The lowest BCUT2D eigenvalue weighted by molar-refractivity contribution is -0.385. The Morgan fingerprint density at radius 2 is 2.30 bits per heavy atom. The topological polar surface area (TPSA) is 73.4 Å². The lowest BCUT2D eigenvalue weighted by Gasteiger charge is -2.34. The highest BCUT2D eigenvalue weighted by Gasteiger charge is 2.29. The maximum Gasteiger partial charge on any atom is 0.333 e. The first-order valence-electron chi connectivity index (χ1n) is 7.85. The van der Waals surface area contributed by atoms with Crippen molar-refractivity contribution in [3.63, 3.8) is 0 Å². The molecule has 0 radical (unpaired) electrons. The molecule has 3 rings (SSSR count). The van der Waals surface area contributed by atoms with Crippen LogP contribution in [0.15, 0.2) is 36.7 Å². The zero-order valence-corrected chi connectivity index (χ0v) is 13.1. The first-order chi connectivity index (χ1) is 11.2. The van der Waals surface area contributed by atoms with Gasteiger partial charge in [0, 0.05) is 25.5 Å².